The van der Waals surface area contributed by atoms with E-state index in [0.29, 0.717) is 30.9 Å². The molecule has 5 heteroatoms. The number of hydrogen-bond donors (Lipinski definition) is 2. The Bertz CT molecular complexity index is 811. The molecule has 2 aromatic carbocycles. The number of nitrogens with zero attached hydrogens (tertiary/aromatic N) is 1. The van der Waals surface area contributed by atoms with Crippen LogP contribution < -0.4 is 15.8 Å². The average Bonchev–Trinajstić information content (AvgIpc) is 3.19. The van der Waals surface area contributed by atoms with Crippen molar-refractivity contribution in [3.05, 3.63) is 59.2 Å². The van der Waals surface area contributed by atoms with Crippen LogP contribution in [0.4, 0.5) is 5.69 Å². The Morgan fingerprint density at radius 2 is 2.14 bits per heavy atom. The lowest BCUT2D eigenvalue weighted by atomic mass is 10.0. The summed E-state index contributed by atoms with van der Waals surface area (Å²) in [5.41, 5.74) is 10.5. The second kappa shape index (κ2) is 9.60. The fraction of sp³-hybridized carbons (Fsp3) is 0.435. The summed E-state index contributed by atoms with van der Waals surface area (Å²) in [6.07, 6.45) is 1.06. The minimum atomic E-state index is 0.400. The van der Waals surface area contributed by atoms with Gasteiger partial charge in [-0.15, -0.1) is 0 Å². The number of anilines is 1. The van der Waals surface area contributed by atoms with Crippen LogP contribution in [0.1, 0.15) is 42.9 Å². The molecule has 3 N–H and O–H groups in total. The Labute approximate surface area is 168 Å². The third kappa shape index (κ3) is 5.73. The number of hydrogen-bond acceptors (Lipinski definition) is 3. The number of nitrogens with one attached hydrogen (secondary N) is 1. The molecule has 1 fully saturated rings. The second-order valence-electron chi connectivity index (χ2n) is 7.76. The highest BCUT2D eigenvalue weighted by molar-refractivity contribution is 5.92. The van der Waals surface area contributed by atoms with Crippen molar-refractivity contribution in [2.24, 2.45) is 16.6 Å². The number of ether oxygens (including phenoxy) is 2. The number of rotatable bonds is 7. The summed E-state index contributed by atoms with van der Waals surface area (Å²) in [7, 11) is 0. The van der Waals surface area contributed by atoms with Crippen molar-refractivity contribution in [3.63, 3.8) is 0 Å². The molecule has 1 saturated heterocycles. The highest BCUT2D eigenvalue weighted by Crippen LogP contribution is 2.24. The maximum Gasteiger partial charge on any atom is 0.193 e. The third-order valence-electron chi connectivity index (χ3n) is 4.97. The van der Waals surface area contributed by atoms with Crippen molar-refractivity contribution in [1.82, 2.24) is 0 Å². The Morgan fingerprint density at radius 3 is 2.89 bits per heavy atom. The smallest absolute Gasteiger partial charge is 0.193 e. The molecule has 0 radical (unpaired) electrons. The molecular weight excluding hydrogens is 350 g/mol. The predicted molar refractivity (Wildman–Crippen MR) is 115 cm³/mol. The molecule has 3 rings (SSSR count). The zero-order chi connectivity index (χ0) is 19.9. The lowest BCUT2D eigenvalue weighted by molar-refractivity contribution is 0.166. The quantitative estimate of drug-likeness (QED) is 0.549. The Hall–Kier alpha value is -2.53. The number of aliphatic imine (C=N–C) groups is 1. The SMILES string of the molecule is Cc1ccc(CN=C(N)Nc2cccc(C(C)C)c2)c(OCC2CCOC2)c1. The first-order valence-electron chi connectivity index (χ1n) is 9.98. The van der Waals surface area contributed by atoms with Gasteiger partial charge in [0.15, 0.2) is 5.96 Å². The molecular formula is C23H31N3O2. The average molecular weight is 382 g/mol. The van der Waals surface area contributed by atoms with Gasteiger partial charge in [0.05, 0.1) is 19.8 Å². The Balaban J connectivity index is 1.64. The van der Waals surface area contributed by atoms with Gasteiger partial charge in [-0.3, -0.25) is 0 Å². The molecule has 5 nitrogen and oxygen atoms in total. The normalized spacial score (nSPS) is 17.1. The Kier molecular flexibility index (Phi) is 6.93. The molecule has 2 aromatic rings. The van der Waals surface area contributed by atoms with Crippen molar-refractivity contribution < 1.29 is 9.47 Å². The first-order valence-corrected chi connectivity index (χ1v) is 9.98. The first kappa shape index (κ1) is 20.2. The van der Waals surface area contributed by atoms with Crippen LogP contribution in [0.5, 0.6) is 5.75 Å². The van der Waals surface area contributed by atoms with E-state index in [-0.39, 0.29) is 0 Å². The molecule has 0 aliphatic carbocycles. The van der Waals surface area contributed by atoms with Crippen LogP contribution in [0, 0.1) is 12.8 Å². The van der Waals surface area contributed by atoms with Gasteiger partial charge in [-0.25, -0.2) is 4.99 Å². The summed E-state index contributed by atoms with van der Waals surface area (Å²) in [5.74, 6) is 2.22. The van der Waals surface area contributed by atoms with Crippen LogP contribution in [0.3, 0.4) is 0 Å². The fourth-order valence-electron chi connectivity index (χ4n) is 3.18. The van der Waals surface area contributed by atoms with E-state index in [1.165, 1.54) is 11.1 Å². The molecule has 1 aliphatic rings. The Morgan fingerprint density at radius 1 is 1.29 bits per heavy atom. The van der Waals surface area contributed by atoms with Crippen LogP contribution in [-0.2, 0) is 11.3 Å². The molecule has 0 spiro atoms. The lowest BCUT2D eigenvalue weighted by Crippen LogP contribution is -2.22. The fourth-order valence-corrected chi connectivity index (χ4v) is 3.18. The van der Waals surface area contributed by atoms with Gasteiger partial charge in [0.25, 0.3) is 0 Å². The van der Waals surface area contributed by atoms with Crippen molar-refractivity contribution in [1.29, 1.82) is 0 Å². The summed E-state index contributed by atoms with van der Waals surface area (Å²) in [5, 5.41) is 3.19. The van der Waals surface area contributed by atoms with Gasteiger partial charge in [-0.2, -0.15) is 0 Å². The summed E-state index contributed by atoms with van der Waals surface area (Å²) in [6, 6.07) is 14.5. The molecule has 1 unspecified atom stereocenters. The highest BCUT2D eigenvalue weighted by Gasteiger charge is 2.17. The summed E-state index contributed by atoms with van der Waals surface area (Å²) < 4.78 is 11.5. The predicted octanol–water partition coefficient (Wildman–Crippen LogP) is 4.46. The number of nitrogens with two attached hydrogens (primary N) is 1. The molecule has 0 amide bonds. The topological polar surface area (TPSA) is 68.9 Å². The molecule has 0 aromatic heterocycles. The maximum atomic E-state index is 6.11. The van der Waals surface area contributed by atoms with Gasteiger partial charge >= 0.3 is 0 Å². The van der Waals surface area contributed by atoms with Crippen LogP contribution in [0.2, 0.25) is 0 Å². The highest BCUT2D eigenvalue weighted by atomic mass is 16.5. The number of guanidine groups is 1. The summed E-state index contributed by atoms with van der Waals surface area (Å²) >= 11 is 0. The van der Waals surface area contributed by atoms with Crippen LogP contribution in [0.25, 0.3) is 0 Å². The minimum absolute atomic E-state index is 0.400. The number of benzene rings is 2. The molecule has 0 saturated carbocycles. The largest absolute Gasteiger partial charge is 0.493 e. The molecule has 1 atom stereocenters. The molecule has 28 heavy (non-hydrogen) atoms. The van der Waals surface area contributed by atoms with Crippen molar-refractivity contribution in [2.75, 3.05) is 25.1 Å². The molecule has 0 bridgehead atoms. The van der Waals surface area contributed by atoms with Gasteiger partial charge < -0.3 is 20.5 Å². The van der Waals surface area contributed by atoms with E-state index in [0.717, 1.165) is 36.6 Å². The zero-order valence-corrected chi connectivity index (χ0v) is 17.1. The van der Waals surface area contributed by atoms with Crippen LogP contribution in [-0.4, -0.2) is 25.8 Å². The van der Waals surface area contributed by atoms with E-state index in [4.69, 9.17) is 15.2 Å². The van der Waals surface area contributed by atoms with Crippen LogP contribution in [0.15, 0.2) is 47.5 Å². The van der Waals surface area contributed by atoms with Gasteiger partial charge in [0.2, 0.25) is 0 Å². The van der Waals surface area contributed by atoms with Crippen molar-refractivity contribution in [2.45, 2.75) is 39.7 Å². The summed E-state index contributed by atoms with van der Waals surface area (Å²) in [6.45, 7) is 9.18. The van der Waals surface area contributed by atoms with Crippen molar-refractivity contribution in [3.8, 4) is 5.75 Å². The van der Waals surface area contributed by atoms with Gasteiger partial charge in [-0.05, 0) is 48.6 Å². The van der Waals surface area contributed by atoms with E-state index in [1.54, 1.807) is 0 Å². The number of aryl methyl sites for hydroxylation is 1. The standard InChI is InChI=1S/C23H31N3O2/c1-16(2)19-5-4-6-21(12-19)26-23(24)25-13-20-8-7-17(3)11-22(20)28-15-18-9-10-27-14-18/h4-8,11-12,16,18H,9-10,13-15H2,1-3H3,(H3,24,25,26). The van der Waals surface area contributed by atoms with Gasteiger partial charge in [0, 0.05) is 23.8 Å². The zero-order valence-electron chi connectivity index (χ0n) is 17.1. The summed E-state index contributed by atoms with van der Waals surface area (Å²) in [4.78, 5) is 4.51. The first-order chi connectivity index (χ1) is 13.5. The van der Waals surface area contributed by atoms with E-state index in [1.807, 2.05) is 12.1 Å². The molecule has 1 heterocycles. The lowest BCUT2D eigenvalue weighted by Gasteiger charge is -2.14. The van der Waals surface area contributed by atoms with E-state index < -0.39 is 0 Å². The third-order valence-corrected chi connectivity index (χ3v) is 4.97. The monoisotopic (exact) mass is 381 g/mol. The molecule has 1 aliphatic heterocycles. The van der Waals surface area contributed by atoms with Gasteiger partial charge in [0.1, 0.15) is 5.75 Å². The van der Waals surface area contributed by atoms with Crippen LogP contribution >= 0.6 is 0 Å². The maximum absolute atomic E-state index is 6.11. The minimum Gasteiger partial charge on any atom is -0.493 e. The van der Waals surface area contributed by atoms with Gasteiger partial charge in [-0.1, -0.05) is 38.1 Å². The van der Waals surface area contributed by atoms with Crippen molar-refractivity contribution >= 4 is 11.6 Å². The van der Waals surface area contributed by atoms with E-state index >= 15 is 0 Å². The van der Waals surface area contributed by atoms with E-state index in [9.17, 15) is 0 Å². The molecule has 150 valence electrons. The van der Waals surface area contributed by atoms with E-state index in [2.05, 4.69) is 61.4 Å². The second-order valence-corrected chi connectivity index (χ2v) is 7.76.